The minimum atomic E-state index is 0.201. The van der Waals surface area contributed by atoms with Crippen LogP contribution in [0.5, 0.6) is 0 Å². The summed E-state index contributed by atoms with van der Waals surface area (Å²) in [6.07, 6.45) is 0.922. The van der Waals surface area contributed by atoms with Crippen molar-refractivity contribution in [3.63, 3.8) is 0 Å². The minimum absolute atomic E-state index is 0.201. The van der Waals surface area contributed by atoms with Crippen molar-refractivity contribution in [1.82, 2.24) is 0 Å². The van der Waals surface area contributed by atoms with E-state index in [0.717, 1.165) is 16.6 Å². The van der Waals surface area contributed by atoms with Crippen molar-refractivity contribution in [3.05, 3.63) is 28.2 Å². The number of benzene rings is 1. The number of fused-ring (bicyclic) bond motifs is 1. The number of hydrogen-bond donors (Lipinski definition) is 2. The molecule has 1 atom stereocenters. The third-order valence-electron chi connectivity index (χ3n) is 2.11. The first-order valence-corrected chi connectivity index (χ1v) is 4.74. The van der Waals surface area contributed by atoms with Gasteiger partial charge < -0.3 is 10.4 Å². The summed E-state index contributed by atoms with van der Waals surface area (Å²) in [6.45, 7) is 0.201. The van der Waals surface area contributed by atoms with Gasteiger partial charge in [-0.05, 0) is 30.2 Å². The third kappa shape index (κ3) is 1.34. The lowest BCUT2D eigenvalue weighted by atomic mass is 10.1. The fourth-order valence-electron chi connectivity index (χ4n) is 1.52. The van der Waals surface area contributed by atoms with E-state index in [0.29, 0.717) is 0 Å². The molecule has 64 valence electrons. The van der Waals surface area contributed by atoms with Gasteiger partial charge in [0.1, 0.15) is 0 Å². The molecule has 0 bridgehead atoms. The first kappa shape index (κ1) is 8.08. The average Bonchev–Trinajstić information content (AvgIpc) is 2.46. The van der Waals surface area contributed by atoms with Gasteiger partial charge in [-0.25, -0.2) is 0 Å². The Morgan fingerprint density at radius 2 is 2.42 bits per heavy atom. The highest BCUT2D eigenvalue weighted by atomic mass is 79.9. The molecular weight excluding hydrogens is 218 g/mol. The van der Waals surface area contributed by atoms with Crippen molar-refractivity contribution in [2.75, 3.05) is 11.9 Å². The van der Waals surface area contributed by atoms with Gasteiger partial charge in [0.2, 0.25) is 0 Å². The van der Waals surface area contributed by atoms with Crippen molar-refractivity contribution in [2.45, 2.75) is 12.5 Å². The molecule has 12 heavy (non-hydrogen) atoms. The molecule has 1 aromatic carbocycles. The van der Waals surface area contributed by atoms with E-state index in [-0.39, 0.29) is 12.6 Å². The largest absolute Gasteiger partial charge is 0.394 e. The average molecular weight is 228 g/mol. The fraction of sp³-hybridized carbons (Fsp3) is 0.333. The van der Waals surface area contributed by atoms with Crippen molar-refractivity contribution in [1.29, 1.82) is 0 Å². The van der Waals surface area contributed by atoms with Crippen LogP contribution >= 0.6 is 15.9 Å². The SMILES string of the molecule is OC[C@@H]1Cc2cc(Br)ccc2N1. The van der Waals surface area contributed by atoms with E-state index < -0.39 is 0 Å². The van der Waals surface area contributed by atoms with Crippen LogP contribution in [-0.4, -0.2) is 17.8 Å². The van der Waals surface area contributed by atoms with Gasteiger partial charge in [-0.2, -0.15) is 0 Å². The molecule has 0 saturated heterocycles. The van der Waals surface area contributed by atoms with Crippen molar-refractivity contribution in [2.24, 2.45) is 0 Å². The van der Waals surface area contributed by atoms with Crippen LogP contribution in [0.3, 0.4) is 0 Å². The first-order chi connectivity index (χ1) is 5.79. The Hall–Kier alpha value is -0.540. The monoisotopic (exact) mass is 227 g/mol. The second kappa shape index (κ2) is 3.07. The van der Waals surface area contributed by atoms with E-state index in [1.54, 1.807) is 0 Å². The molecule has 1 aromatic rings. The summed E-state index contributed by atoms with van der Waals surface area (Å²) in [6, 6.07) is 6.34. The number of hydrogen-bond acceptors (Lipinski definition) is 2. The van der Waals surface area contributed by atoms with E-state index in [4.69, 9.17) is 5.11 Å². The van der Waals surface area contributed by atoms with Gasteiger partial charge in [0.15, 0.2) is 0 Å². The molecule has 3 heteroatoms. The summed E-state index contributed by atoms with van der Waals surface area (Å²) >= 11 is 3.42. The Labute approximate surface area is 79.7 Å². The Balaban J connectivity index is 2.30. The summed E-state index contributed by atoms with van der Waals surface area (Å²) < 4.78 is 1.10. The molecule has 0 radical (unpaired) electrons. The zero-order chi connectivity index (χ0) is 8.55. The minimum Gasteiger partial charge on any atom is -0.394 e. The molecule has 0 amide bonds. The molecule has 0 aliphatic carbocycles. The van der Waals surface area contributed by atoms with Crippen LogP contribution in [0.25, 0.3) is 0 Å². The molecule has 0 fully saturated rings. The van der Waals surface area contributed by atoms with Gasteiger partial charge in [-0.1, -0.05) is 15.9 Å². The first-order valence-electron chi connectivity index (χ1n) is 3.95. The number of aliphatic hydroxyl groups excluding tert-OH is 1. The lowest BCUT2D eigenvalue weighted by Gasteiger charge is -2.04. The van der Waals surface area contributed by atoms with Gasteiger partial charge in [-0.3, -0.25) is 0 Å². The molecule has 1 heterocycles. The number of aliphatic hydroxyl groups is 1. The number of nitrogens with one attached hydrogen (secondary N) is 1. The van der Waals surface area contributed by atoms with Crippen molar-refractivity contribution in [3.8, 4) is 0 Å². The zero-order valence-corrected chi connectivity index (χ0v) is 8.13. The van der Waals surface area contributed by atoms with Crippen LogP contribution in [0.15, 0.2) is 22.7 Å². The molecule has 0 spiro atoms. The maximum atomic E-state index is 8.93. The molecular formula is C9H10BrNO. The smallest absolute Gasteiger partial charge is 0.0636 e. The quantitative estimate of drug-likeness (QED) is 0.767. The van der Waals surface area contributed by atoms with Gasteiger partial charge >= 0.3 is 0 Å². The van der Waals surface area contributed by atoms with Gasteiger partial charge in [0, 0.05) is 10.2 Å². The molecule has 2 nitrogen and oxygen atoms in total. The van der Waals surface area contributed by atoms with Crippen LogP contribution < -0.4 is 5.32 Å². The Morgan fingerprint density at radius 1 is 1.58 bits per heavy atom. The Kier molecular flexibility index (Phi) is 2.07. The van der Waals surface area contributed by atoms with E-state index in [9.17, 15) is 0 Å². The van der Waals surface area contributed by atoms with Crippen LogP contribution in [0.1, 0.15) is 5.56 Å². The maximum Gasteiger partial charge on any atom is 0.0636 e. The summed E-state index contributed by atoms with van der Waals surface area (Å²) in [5.74, 6) is 0. The Morgan fingerprint density at radius 3 is 3.17 bits per heavy atom. The van der Waals surface area contributed by atoms with Crippen LogP contribution in [0.4, 0.5) is 5.69 Å². The topological polar surface area (TPSA) is 32.3 Å². The normalized spacial score (nSPS) is 20.3. The molecule has 0 saturated carbocycles. The van der Waals surface area contributed by atoms with Gasteiger partial charge in [-0.15, -0.1) is 0 Å². The van der Waals surface area contributed by atoms with E-state index in [1.165, 1.54) is 5.56 Å². The molecule has 1 aliphatic heterocycles. The molecule has 0 unspecified atom stereocenters. The highest BCUT2D eigenvalue weighted by Crippen LogP contribution is 2.28. The standard InChI is InChI=1S/C9H10BrNO/c10-7-1-2-9-6(3-7)4-8(5-12)11-9/h1-3,8,11-12H,4-5H2/t8-/m0/s1. The number of rotatable bonds is 1. The van der Waals surface area contributed by atoms with Crippen LogP contribution in [0.2, 0.25) is 0 Å². The number of anilines is 1. The predicted molar refractivity (Wildman–Crippen MR) is 52.3 cm³/mol. The van der Waals surface area contributed by atoms with E-state index in [1.807, 2.05) is 12.1 Å². The van der Waals surface area contributed by atoms with Crippen LogP contribution in [-0.2, 0) is 6.42 Å². The summed E-state index contributed by atoms with van der Waals surface area (Å²) in [4.78, 5) is 0. The summed E-state index contributed by atoms with van der Waals surface area (Å²) in [5.41, 5.74) is 2.43. The highest BCUT2D eigenvalue weighted by Gasteiger charge is 2.18. The second-order valence-electron chi connectivity index (χ2n) is 3.03. The molecule has 0 aromatic heterocycles. The van der Waals surface area contributed by atoms with E-state index in [2.05, 4.69) is 27.3 Å². The number of halogens is 1. The molecule has 2 N–H and O–H groups in total. The second-order valence-corrected chi connectivity index (χ2v) is 3.95. The lowest BCUT2D eigenvalue weighted by molar-refractivity contribution is 0.277. The zero-order valence-electron chi connectivity index (χ0n) is 6.55. The van der Waals surface area contributed by atoms with Crippen molar-refractivity contribution >= 4 is 21.6 Å². The fourth-order valence-corrected chi connectivity index (χ4v) is 1.93. The van der Waals surface area contributed by atoms with Gasteiger partial charge in [0.25, 0.3) is 0 Å². The molecule has 2 rings (SSSR count). The van der Waals surface area contributed by atoms with E-state index >= 15 is 0 Å². The summed E-state index contributed by atoms with van der Waals surface area (Å²) in [7, 11) is 0. The predicted octanol–water partition coefficient (Wildman–Crippen LogP) is 1.78. The maximum absolute atomic E-state index is 8.93. The third-order valence-corrected chi connectivity index (χ3v) is 2.61. The van der Waals surface area contributed by atoms with Crippen molar-refractivity contribution < 1.29 is 5.11 Å². The lowest BCUT2D eigenvalue weighted by Crippen LogP contribution is -2.19. The Bertz CT molecular complexity index is 301. The highest BCUT2D eigenvalue weighted by molar-refractivity contribution is 9.10. The summed E-state index contributed by atoms with van der Waals surface area (Å²) in [5, 5.41) is 12.2. The molecule has 1 aliphatic rings. The van der Waals surface area contributed by atoms with Gasteiger partial charge in [0.05, 0.1) is 12.6 Å². The van der Waals surface area contributed by atoms with Crippen LogP contribution in [0, 0.1) is 0 Å².